The van der Waals surface area contributed by atoms with Gasteiger partial charge in [0.2, 0.25) is 11.1 Å². The molecule has 1 rings (SSSR count). The van der Waals surface area contributed by atoms with Crippen LogP contribution in [0.5, 0.6) is 5.75 Å². The molecule has 2 N–H and O–H groups in total. The second kappa shape index (κ2) is 7.05. The van der Waals surface area contributed by atoms with E-state index in [2.05, 4.69) is 4.74 Å². The summed E-state index contributed by atoms with van der Waals surface area (Å²) in [5.41, 5.74) is 0.0475. The van der Waals surface area contributed by atoms with Crippen LogP contribution in [0.2, 0.25) is 0 Å². The molecule has 0 aliphatic carbocycles. The van der Waals surface area contributed by atoms with Crippen LogP contribution >= 0.6 is 0 Å². The van der Waals surface area contributed by atoms with E-state index < -0.39 is 47.7 Å². The third-order valence-electron chi connectivity index (χ3n) is 2.62. The maximum absolute atomic E-state index is 13.1. The molecule has 1 aromatic rings. The summed E-state index contributed by atoms with van der Waals surface area (Å²) in [6.07, 6.45) is -2.04. The number of carbonyl (C=O) groups is 1. The average Bonchev–Trinajstić information content (AvgIpc) is 2.43. The van der Waals surface area contributed by atoms with Crippen LogP contribution in [-0.4, -0.2) is 37.6 Å². The van der Waals surface area contributed by atoms with Crippen LogP contribution in [0.25, 0.3) is 0 Å². The van der Waals surface area contributed by atoms with Crippen molar-refractivity contribution >= 4 is 17.0 Å². The minimum atomic E-state index is -5.08. The largest absolute Gasteiger partial charge is 0.508 e. The van der Waals surface area contributed by atoms with Crippen molar-refractivity contribution in [3.63, 3.8) is 0 Å². The zero-order valence-electron chi connectivity index (χ0n) is 11.0. The molecule has 10 heteroatoms. The topological polar surface area (TPSA) is 83.8 Å². The van der Waals surface area contributed by atoms with Crippen molar-refractivity contribution in [3.8, 4) is 5.75 Å². The standard InChI is InChI=1S/C12H12F4O5S/c13-11(14,12(15,16)22(19)20)6-1-7-21-10(18)8-2-4-9(17)5-3-8/h2-5,17H,1,6-7H2,(H,19,20). The summed E-state index contributed by atoms with van der Waals surface area (Å²) in [5, 5.41) is 3.94. The molecule has 0 aromatic heterocycles. The summed E-state index contributed by atoms with van der Waals surface area (Å²) in [7, 11) is 0. The molecule has 0 saturated carbocycles. The quantitative estimate of drug-likeness (QED) is 0.344. The smallest absolute Gasteiger partial charge is 0.406 e. The molecule has 0 aliphatic rings. The Kier molecular flexibility index (Phi) is 5.89. The van der Waals surface area contributed by atoms with Gasteiger partial charge in [-0.05, 0) is 30.7 Å². The number of hydrogen-bond acceptors (Lipinski definition) is 4. The summed E-state index contributed by atoms with van der Waals surface area (Å²) >= 11 is -4.01. The molecular formula is C12H12F4O5S. The Morgan fingerprint density at radius 1 is 1.18 bits per heavy atom. The molecule has 0 bridgehead atoms. The van der Waals surface area contributed by atoms with E-state index in [0.29, 0.717) is 0 Å². The Balaban J connectivity index is 2.46. The first-order valence-electron chi connectivity index (χ1n) is 5.90. The van der Waals surface area contributed by atoms with Crippen molar-refractivity contribution in [1.29, 1.82) is 0 Å². The summed E-state index contributed by atoms with van der Waals surface area (Å²) in [5.74, 6) is -5.66. The van der Waals surface area contributed by atoms with E-state index in [1.165, 1.54) is 24.3 Å². The summed E-state index contributed by atoms with van der Waals surface area (Å²) < 4.78 is 74.7. The fraction of sp³-hybridized carbons (Fsp3) is 0.417. The number of carbonyl (C=O) groups excluding carboxylic acids is 1. The number of ether oxygens (including phenoxy) is 1. The molecule has 0 radical (unpaired) electrons. The number of hydrogen-bond donors (Lipinski definition) is 2. The van der Waals surface area contributed by atoms with Crippen LogP contribution in [0.3, 0.4) is 0 Å². The van der Waals surface area contributed by atoms with Crippen LogP contribution in [0.1, 0.15) is 23.2 Å². The lowest BCUT2D eigenvalue weighted by molar-refractivity contribution is -0.162. The van der Waals surface area contributed by atoms with Crippen molar-refractivity contribution in [3.05, 3.63) is 29.8 Å². The maximum atomic E-state index is 13.1. The molecule has 1 aromatic carbocycles. The number of esters is 1. The third-order valence-corrected chi connectivity index (χ3v) is 3.35. The van der Waals surface area contributed by atoms with Crippen molar-refractivity contribution in [2.24, 2.45) is 0 Å². The maximum Gasteiger partial charge on any atom is 0.406 e. The van der Waals surface area contributed by atoms with E-state index in [4.69, 9.17) is 9.66 Å². The number of phenols is 1. The van der Waals surface area contributed by atoms with Crippen LogP contribution in [0.4, 0.5) is 17.6 Å². The van der Waals surface area contributed by atoms with Crippen molar-refractivity contribution in [2.45, 2.75) is 24.0 Å². The number of rotatable bonds is 7. The molecule has 0 heterocycles. The first kappa shape index (κ1) is 18.4. The molecule has 0 aliphatic heterocycles. The molecule has 124 valence electrons. The van der Waals surface area contributed by atoms with Gasteiger partial charge in [0.15, 0.2) is 0 Å². The second-order valence-electron chi connectivity index (χ2n) is 4.26. The number of benzene rings is 1. The van der Waals surface area contributed by atoms with Gasteiger partial charge in [-0.25, -0.2) is 9.00 Å². The number of halogens is 4. The van der Waals surface area contributed by atoms with E-state index in [1.54, 1.807) is 0 Å². The second-order valence-corrected chi connectivity index (χ2v) is 5.27. The number of phenolic OH excluding ortho intramolecular Hbond substituents is 1. The molecule has 22 heavy (non-hydrogen) atoms. The van der Waals surface area contributed by atoms with Crippen LogP contribution in [0, 0.1) is 0 Å². The Labute approximate surface area is 125 Å². The van der Waals surface area contributed by atoms with Crippen LogP contribution < -0.4 is 0 Å². The van der Waals surface area contributed by atoms with Crippen molar-refractivity contribution in [2.75, 3.05) is 6.61 Å². The van der Waals surface area contributed by atoms with Crippen LogP contribution in [-0.2, 0) is 15.8 Å². The molecule has 0 amide bonds. The normalized spacial score (nSPS) is 13.7. The third kappa shape index (κ3) is 4.41. The van der Waals surface area contributed by atoms with E-state index in [9.17, 15) is 26.6 Å². The number of alkyl halides is 4. The van der Waals surface area contributed by atoms with Gasteiger partial charge >= 0.3 is 17.1 Å². The monoisotopic (exact) mass is 344 g/mol. The zero-order chi connectivity index (χ0) is 17.0. The minimum absolute atomic E-state index is 0.0475. The average molecular weight is 344 g/mol. The summed E-state index contributed by atoms with van der Waals surface area (Å²) in [6.45, 7) is -0.566. The molecule has 1 atom stereocenters. The Morgan fingerprint density at radius 2 is 1.73 bits per heavy atom. The van der Waals surface area contributed by atoms with Gasteiger partial charge in [-0.3, -0.25) is 0 Å². The van der Waals surface area contributed by atoms with Gasteiger partial charge in [-0.2, -0.15) is 17.6 Å². The first-order valence-corrected chi connectivity index (χ1v) is 7.01. The predicted molar refractivity (Wildman–Crippen MR) is 68.3 cm³/mol. The Hall–Kier alpha value is -1.68. The van der Waals surface area contributed by atoms with Gasteiger partial charge in [-0.1, -0.05) is 0 Å². The molecule has 5 nitrogen and oxygen atoms in total. The molecule has 1 unspecified atom stereocenters. The molecule has 0 fully saturated rings. The van der Waals surface area contributed by atoms with E-state index in [0.717, 1.165) is 0 Å². The lowest BCUT2D eigenvalue weighted by Crippen LogP contribution is -2.44. The van der Waals surface area contributed by atoms with Gasteiger partial charge in [0.25, 0.3) is 0 Å². The highest BCUT2D eigenvalue weighted by atomic mass is 32.2. The fourth-order valence-electron chi connectivity index (χ4n) is 1.41. The summed E-state index contributed by atoms with van der Waals surface area (Å²) in [6, 6.07) is 4.88. The molecule has 0 saturated heterocycles. The SMILES string of the molecule is O=C(OCCCC(F)(F)C(F)(F)S(=O)O)c1ccc(O)cc1. The van der Waals surface area contributed by atoms with Crippen molar-refractivity contribution in [1.82, 2.24) is 0 Å². The van der Waals surface area contributed by atoms with Gasteiger partial charge in [0.05, 0.1) is 12.2 Å². The highest BCUT2D eigenvalue weighted by Crippen LogP contribution is 2.39. The predicted octanol–water partition coefficient (Wildman–Crippen LogP) is 2.78. The van der Waals surface area contributed by atoms with E-state index in [1.807, 2.05) is 0 Å². The zero-order valence-corrected chi connectivity index (χ0v) is 11.8. The fourth-order valence-corrected chi connectivity index (χ4v) is 1.77. The Morgan fingerprint density at radius 3 is 2.23 bits per heavy atom. The lowest BCUT2D eigenvalue weighted by Gasteiger charge is -2.23. The van der Waals surface area contributed by atoms with Crippen LogP contribution in [0.15, 0.2) is 24.3 Å². The molecular weight excluding hydrogens is 332 g/mol. The molecule has 0 spiro atoms. The van der Waals surface area contributed by atoms with Crippen molar-refractivity contribution < 1.29 is 41.0 Å². The van der Waals surface area contributed by atoms with Gasteiger partial charge in [0.1, 0.15) is 5.75 Å². The van der Waals surface area contributed by atoms with Gasteiger partial charge in [0, 0.05) is 6.42 Å². The van der Waals surface area contributed by atoms with Gasteiger partial charge in [-0.15, -0.1) is 0 Å². The lowest BCUT2D eigenvalue weighted by atomic mass is 10.2. The van der Waals surface area contributed by atoms with Gasteiger partial charge < -0.3 is 14.4 Å². The van der Waals surface area contributed by atoms with E-state index in [-0.39, 0.29) is 11.3 Å². The highest BCUT2D eigenvalue weighted by Gasteiger charge is 2.60. The minimum Gasteiger partial charge on any atom is -0.508 e. The first-order chi connectivity index (χ1) is 10.1. The highest BCUT2D eigenvalue weighted by molar-refractivity contribution is 7.80. The number of aromatic hydroxyl groups is 1. The Bertz CT molecular complexity index is 547. The summed E-state index contributed by atoms with van der Waals surface area (Å²) in [4.78, 5) is 11.5. The van der Waals surface area contributed by atoms with E-state index >= 15 is 0 Å².